The van der Waals surface area contributed by atoms with Gasteiger partial charge in [-0.2, -0.15) is 0 Å². The number of fused-ring (bicyclic) bond motifs is 1. The van der Waals surface area contributed by atoms with Crippen LogP contribution in [-0.4, -0.2) is 42.8 Å². The smallest absolute Gasteiger partial charge is 0.123 e. The second-order valence-corrected chi connectivity index (χ2v) is 6.85. The maximum Gasteiger partial charge on any atom is 0.123 e. The van der Waals surface area contributed by atoms with Gasteiger partial charge in [-0.3, -0.25) is 4.90 Å². The van der Waals surface area contributed by atoms with Crippen molar-refractivity contribution in [1.82, 2.24) is 4.90 Å². The molecule has 1 aromatic rings. The Bertz CT molecular complexity index is 531. The van der Waals surface area contributed by atoms with Gasteiger partial charge in [0.1, 0.15) is 18.5 Å². The molecule has 3 rings (SSSR count). The first-order chi connectivity index (χ1) is 10.0. The van der Waals surface area contributed by atoms with Crippen LogP contribution in [0.15, 0.2) is 24.3 Å². The molecule has 1 aliphatic carbocycles. The van der Waals surface area contributed by atoms with Crippen molar-refractivity contribution >= 4 is 6.08 Å². The highest BCUT2D eigenvalue weighted by atomic mass is 16.5. The monoisotopic (exact) mass is 287 g/mol. The molecule has 0 saturated carbocycles. The molecule has 3 nitrogen and oxygen atoms in total. The lowest BCUT2D eigenvalue weighted by molar-refractivity contribution is -0.0729. The fourth-order valence-corrected chi connectivity index (χ4v) is 3.01. The Morgan fingerprint density at radius 2 is 2.19 bits per heavy atom. The molecule has 1 heterocycles. The molecule has 1 atom stereocenters. The minimum Gasteiger partial charge on any atom is -0.491 e. The van der Waals surface area contributed by atoms with Crippen molar-refractivity contribution in [1.29, 1.82) is 0 Å². The molecule has 21 heavy (non-hydrogen) atoms. The molecule has 1 saturated heterocycles. The SMILES string of the molecule is CC(C)(C)N1CCOC(COc2cccc3c2CC=C3)C1. The molecule has 2 aliphatic rings. The van der Waals surface area contributed by atoms with Crippen LogP contribution in [0.2, 0.25) is 0 Å². The normalized spacial score (nSPS) is 22.3. The number of allylic oxidation sites excluding steroid dienone is 1. The van der Waals surface area contributed by atoms with E-state index >= 15 is 0 Å². The highest BCUT2D eigenvalue weighted by Crippen LogP contribution is 2.29. The van der Waals surface area contributed by atoms with Crippen molar-refractivity contribution in [2.75, 3.05) is 26.3 Å². The molecule has 1 fully saturated rings. The van der Waals surface area contributed by atoms with Gasteiger partial charge in [0.05, 0.1) is 6.61 Å². The minimum absolute atomic E-state index is 0.156. The third kappa shape index (κ3) is 3.30. The third-order valence-electron chi connectivity index (χ3n) is 4.30. The zero-order valence-corrected chi connectivity index (χ0v) is 13.3. The number of nitrogens with zero attached hydrogens (tertiary/aromatic N) is 1. The van der Waals surface area contributed by atoms with Crippen molar-refractivity contribution in [2.45, 2.75) is 38.8 Å². The second kappa shape index (κ2) is 5.82. The van der Waals surface area contributed by atoms with Crippen LogP contribution in [0, 0.1) is 0 Å². The summed E-state index contributed by atoms with van der Waals surface area (Å²) in [5.74, 6) is 1.01. The highest BCUT2D eigenvalue weighted by Gasteiger charge is 2.28. The summed E-state index contributed by atoms with van der Waals surface area (Å²) in [5, 5.41) is 0. The fourth-order valence-electron chi connectivity index (χ4n) is 3.01. The van der Waals surface area contributed by atoms with Gasteiger partial charge in [0.15, 0.2) is 0 Å². The average molecular weight is 287 g/mol. The van der Waals surface area contributed by atoms with Crippen LogP contribution in [0.25, 0.3) is 6.08 Å². The Hall–Kier alpha value is -1.32. The number of ether oxygens (including phenoxy) is 2. The molecule has 0 aromatic heterocycles. The Morgan fingerprint density at radius 1 is 1.33 bits per heavy atom. The van der Waals surface area contributed by atoms with Gasteiger partial charge in [0.2, 0.25) is 0 Å². The van der Waals surface area contributed by atoms with Crippen LogP contribution >= 0.6 is 0 Å². The molecular formula is C18H25NO2. The standard InChI is InChI=1S/C18H25NO2/c1-18(2,3)19-10-11-20-15(12-19)13-21-17-9-5-7-14-6-4-8-16(14)17/h4-7,9,15H,8,10-13H2,1-3H3. The van der Waals surface area contributed by atoms with Gasteiger partial charge in [-0.1, -0.05) is 24.3 Å². The number of rotatable bonds is 3. The quantitative estimate of drug-likeness (QED) is 0.852. The average Bonchev–Trinajstić information content (AvgIpc) is 2.93. The zero-order valence-electron chi connectivity index (χ0n) is 13.3. The van der Waals surface area contributed by atoms with Crippen LogP contribution in [-0.2, 0) is 11.2 Å². The van der Waals surface area contributed by atoms with Crippen molar-refractivity contribution in [3.05, 3.63) is 35.4 Å². The molecule has 0 radical (unpaired) electrons. The molecular weight excluding hydrogens is 262 g/mol. The minimum atomic E-state index is 0.156. The van der Waals surface area contributed by atoms with Crippen LogP contribution < -0.4 is 4.74 Å². The van der Waals surface area contributed by atoms with E-state index in [9.17, 15) is 0 Å². The van der Waals surface area contributed by atoms with E-state index in [1.165, 1.54) is 11.1 Å². The van der Waals surface area contributed by atoms with Crippen LogP contribution in [0.1, 0.15) is 31.9 Å². The van der Waals surface area contributed by atoms with Gasteiger partial charge in [0.25, 0.3) is 0 Å². The Labute approximate surface area is 127 Å². The summed E-state index contributed by atoms with van der Waals surface area (Å²) in [4.78, 5) is 2.47. The van der Waals surface area contributed by atoms with E-state index in [1.807, 2.05) is 0 Å². The summed E-state index contributed by atoms with van der Waals surface area (Å²) >= 11 is 0. The summed E-state index contributed by atoms with van der Waals surface area (Å²) in [7, 11) is 0. The lowest BCUT2D eigenvalue weighted by Gasteiger charge is -2.41. The van der Waals surface area contributed by atoms with Gasteiger partial charge < -0.3 is 9.47 Å². The molecule has 0 bridgehead atoms. The summed E-state index contributed by atoms with van der Waals surface area (Å²) < 4.78 is 11.9. The highest BCUT2D eigenvalue weighted by molar-refractivity contribution is 5.63. The van der Waals surface area contributed by atoms with E-state index in [0.29, 0.717) is 6.61 Å². The van der Waals surface area contributed by atoms with E-state index in [0.717, 1.165) is 31.9 Å². The molecule has 3 heteroatoms. The number of hydrogen-bond donors (Lipinski definition) is 0. The lowest BCUT2D eigenvalue weighted by Crippen LogP contribution is -2.52. The predicted molar refractivity (Wildman–Crippen MR) is 85.7 cm³/mol. The second-order valence-electron chi connectivity index (χ2n) is 6.85. The van der Waals surface area contributed by atoms with Gasteiger partial charge in [-0.15, -0.1) is 0 Å². The zero-order chi connectivity index (χ0) is 14.9. The Kier molecular flexibility index (Phi) is 4.05. The van der Waals surface area contributed by atoms with Gasteiger partial charge in [-0.25, -0.2) is 0 Å². The first-order valence-corrected chi connectivity index (χ1v) is 7.82. The van der Waals surface area contributed by atoms with Crippen molar-refractivity contribution in [2.24, 2.45) is 0 Å². The lowest BCUT2D eigenvalue weighted by atomic mass is 10.0. The first-order valence-electron chi connectivity index (χ1n) is 7.82. The van der Waals surface area contributed by atoms with Crippen LogP contribution in [0.5, 0.6) is 5.75 Å². The molecule has 114 valence electrons. The van der Waals surface area contributed by atoms with Crippen molar-refractivity contribution in [3.8, 4) is 5.75 Å². The van der Waals surface area contributed by atoms with Crippen LogP contribution in [0.3, 0.4) is 0 Å². The molecule has 0 spiro atoms. The molecule has 1 aromatic carbocycles. The van der Waals surface area contributed by atoms with E-state index < -0.39 is 0 Å². The van der Waals surface area contributed by atoms with Crippen molar-refractivity contribution < 1.29 is 9.47 Å². The Morgan fingerprint density at radius 3 is 3.00 bits per heavy atom. The van der Waals surface area contributed by atoms with E-state index in [4.69, 9.17) is 9.47 Å². The van der Waals surface area contributed by atoms with Crippen molar-refractivity contribution in [3.63, 3.8) is 0 Å². The summed E-state index contributed by atoms with van der Waals surface area (Å²) in [6.07, 6.45) is 5.49. The summed E-state index contributed by atoms with van der Waals surface area (Å²) in [5.41, 5.74) is 2.79. The number of benzene rings is 1. The Balaban J connectivity index is 1.60. The van der Waals surface area contributed by atoms with E-state index in [2.05, 4.69) is 56.0 Å². The molecule has 0 N–H and O–H groups in total. The van der Waals surface area contributed by atoms with Gasteiger partial charge in [0, 0.05) is 24.2 Å². The van der Waals surface area contributed by atoms with Gasteiger partial charge in [-0.05, 0) is 38.8 Å². The number of hydrogen-bond acceptors (Lipinski definition) is 3. The topological polar surface area (TPSA) is 21.7 Å². The largest absolute Gasteiger partial charge is 0.491 e. The van der Waals surface area contributed by atoms with E-state index in [1.54, 1.807) is 0 Å². The summed E-state index contributed by atoms with van der Waals surface area (Å²) in [6.45, 7) is 10.1. The maximum atomic E-state index is 6.06. The van der Waals surface area contributed by atoms with Gasteiger partial charge >= 0.3 is 0 Å². The van der Waals surface area contributed by atoms with Crippen LogP contribution in [0.4, 0.5) is 0 Å². The third-order valence-corrected chi connectivity index (χ3v) is 4.30. The molecule has 1 unspecified atom stereocenters. The molecule has 1 aliphatic heterocycles. The number of morpholine rings is 1. The summed E-state index contributed by atoms with van der Waals surface area (Å²) in [6, 6.07) is 6.27. The fraction of sp³-hybridized carbons (Fsp3) is 0.556. The first kappa shape index (κ1) is 14.6. The predicted octanol–water partition coefficient (Wildman–Crippen LogP) is 3.13. The van der Waals surface area contributed by atoms with E-state index in [-0.39, 0.29) is 11.6 Å². The molecule has 0 amide bonds. The maximum absolute atomic E-state index is 6.06.